The second kappa shape index (κ2) is 7.68. The minimum atomic E-state index is -4.61. The van der Waals surface area contributed by atoms with E-state index in [1.54, 1.807) is 0 Å². The number of nitrogens with zero attached hydrogens (tertiary/aromatic N) is 2. The third-order valence-corrected chi connectivity index (χ3v) is 3.06. The van der Waals surface area contributed by atoms with Crippen LogP contribution >= 0.6 is 0 Å². The summed E-state index contributed by atoms with van der Waals surface area (Å²) in [7, 11) is 0. The zero-order valence-electron chi connectivity index (χ0n) is 11.8. The van der Waals surface area contributed by atoms with Crippen LogP contribution in [0.25, 0.3) is 0 Å². The zero-order chi connectivity index (χ0) is 16.9. The van der Waals surface area contributed by atoms with Crippen molar-refractivity contribution in [3.63, 3.8) is 0 Å². The Kier molecular flexibility index (Phi) is 6.48. The monoisotopic (exact) mass is 325 g/mol. The molecule has 0 bridgehead atoms. The molecule has 126 valence electrons. The van der Waals surface area contributed by atoms with Crippen LogP contribution in [0, 0.1) is 0 Å². The molecule has 10 heteroatoms. The summed E-state index contributed by atoms with van der Waals surface area (Å²) < 4.78 is 42.6. The third kappa shape index (κ3) is 4.77. The quantitative estimate of drug-likeness (QED) is 0.514. The van der Waals surface area contributed by atoms with Crippen molar-refractivity contribution in [1.29, 1.82) is 0 Å². The highest BCUT2D eigenvalue weighted by Gasteiger charge is 2.38. The van der Waals surface area contributed by atoms with Gasteiger partial charge in [-0.15, -0.1) is 0 Å². The van der Waals surface area contributed by atoms with Crippen LogP contribution < -0.4 is 5.32 Å². The van der Waals surface area contributed by atoms with Gasteiger partial charge in [-0.05, 0) is 13.6 Å². The van der Waals surface area contributed by atoms with Crippen LogP contribution in [0.2, 0.25) is 0 Å². The SMILES string of the molecule is C=N/C=C(\N=C(/C)C(F)(F)F)N[C@H]1CO[C@H](CO)[C@H](O)[C@@H]1O. The highest BCUT2D eigenvalue weighted by atomic mass is 19.4. The number of aliphatic hydroxyl groups excluding tert-OH is 3. The van der Waals surface area contributed by atoms with E-state index in [0.717, 1.165) is 13.1 Å². The van der Waals surface area contributed by atoms with Gasteiger partial charge in [0.05, 0.1) is 25.5 Å². The average Bonchev–Trinajstić information content (AvgIpc) is 2.43. The molecule has 0 spiro atoms. The van der Waals surface area contributed by atoms with E-state index in [0.29, 0.717) is 0 Å². The number of alkyl halides is 3. The van der Waals surface area contributed by atoms with Crippen LogP contribution in [-0.2, 0) is 4.74 Å². The molecule has 1 heterocycles. The lowest BCUT2D eigenvalue weighted by molar-refractivity contribution is -0.160. The minimum Gasteiger partial charge on any atom is -0.394 e. The van der Waals surface area contributed by atoms with Gasteiger partial charge in [-0.2, -0.15) is 13.2 Å². The van der Waals surface area contributed by atoms with E-state index in [-0.39, 0.29) is 12.4 Å². The zero-order valence-corrected chi connectivity index (χ0v) is 11.8. The first-order valence-corrected chi connectivity index (χ1v) is 6.34. The number of hydrogen-bond acceptors (Lipinski definition) is 7. The Morgan fingerprint density at radius 1 is 1.41 bits per heavy atom. The van der Waals surface area contributed by atoms with Gasteiger partial charge in [0.25, 0.3) is 0 Å². The molecule has 0 aromatic carbocycles. The molecule has 0 unspecified atom stereocenters. The van der Waals surface area contributed by atoms with E-state index in [9.17, 15) is 23.4 Å². The number of ether oxygens (including phenoxy) is 1. The standard InChI is InChI=1S/C12H18F3N3O4/c1-6(12(13,14)15)17-9(3-16-2)18-7-5-22-8(4-19)11(21)10(7)20/h3,7-8,10-11,18-21H,2,4-5H2,1H3/b9-3+,17-6+/t7-,8+,10+,11-/m0/s1. The molecular weight excluding hydrogens is 307 g/mol. The number of rotatable bonds is 5. The van der Waals surface area contributed by atoms with Gasteiger partial charge in [0, 0.05) is 0 Å². The largest absolute Gasteiger partial charge is 0.429 e. The van der Waals surface area contributed by atoms with Crippen LogP contribution in [0.4, 0.5) is 13.2 Å². The Bertz CT molecular complexity index is 453. The number of aliphatic imine (C=N–C) groups is 2. The van der Waals surface area contributed by atoms with Gasteiger partial charge in [0.1, 0.15) is 29.8 Å². The molecule has 1 fully saturated rings. The van der Waals surface area contributed by atoms with E-state index < -0.39 is 42.8 Å². The Morgan fingerprint density at radius 2 is 2.05 bits per heavy atom. The predicted molar refractivity (Wildman–Crippen MR) is 72.6 cm³/mol. The van der Waals surface area contributed by atoms with E-state index in [1.165, 1.54) is 0 Å². The van der Waals surface area contributed by atoms with Crippen molar-refractivity contribution in [1.82, 2.24) is 5.32 Å². The molecule has 0 amide bonds. The topological polar surface area (TPSA) is 107 Å². The first kappa shape index (κ1) is 18.6. The van der Waals surface area contributed by atoms with E-state index in [4.69, 9.17) is 9.84 Å². The highest BCUT2D eigenvalue weighted by molar-refractivity contribution is 5.88. The van der Waals surface area contributed by atoms with Crippen molar-refractivity contribution in [3.05, 3.63) is 12.0 Å². The molecule has 7 nitrogen and oxygen atoms in total. The molecule has 0 saturated carbocycles. The Balaban J connectivity index is 2.85. The Labute approximate surface area is 124 Å². The first-order chi connectivity index (χ1) is 10.2. The fourth-order valence-corrected chi connectivity index (χ4v) is 1.79. The Hall–Kier alpha value is -1.49. The maximum Gasteiger partial charge on any atom is 0.429 e. The number of nitrogens with one attached hydrogen (secondary N) is 1. The molecule has 1 aliphatic rings. The van der Waals surface area contributed by atoms with Crippen LogP contribution in [0.5, 0.6) is 0 Å². The van der Waals surface area contributed by atoms with Gasteiger partial charge in [-0.3, -0.25) is 4.99 Å². The Morgan fingerprint density at radius 3 is 2.55 bits per heavy atom. The second-order valence-electron chi connectivity index (χ2n) is 4.68. The fraction of sp³-hybridized carbons (Fsp3) is 0.667. The van der Waals surface area contributed by atoms with Crippen LogP contribution in [0.3, 0.4) is 0 Å². The molecule has 0 aromatic rings. The molecule has 1 saturated heterocycles. The average molecular weight is 325 g/mol. The van der Waals surface area contributed by atoms with Crippen LogP contribution in [0.15, 0.2) is 22.0 Å². The fourth-order valence-electron chi connectivity index (χ4n) is 1.79. The number of halogens is 3. The molecule has 0 aromatic heterocycles. The van der Waals surface area contributed by atoms with Gasteiger partial charge in [0.15, 0.2) is 0 Å². The van der Waals surface area contributed by atoms with E-state index in [2.05, 4.69) is 22.0 Å². The second-order valence-corrected chi connectivity index (χ2v) is 4.68. The molecule has 1 aliphatic heterocycles. The van der Waals surface area contributed by atoms with Gasteiger partial charge in [-0.25, -0.2) is 4.99 Å². The van der Waals surface area contributed by atoms with Crippen molar-refractivity contribution < 1.29 is 33.2 Å². The summed E-state index contributed by atoms with van der Waals surface area (Å²) in [6, 6.07) is -0.921. The normalized spacial score (nSPS) is 31.0. The van der Waals surface area contributed by atoms with Crippen LogP contribution in [-0.4, -0.2) is 71.5 Å². The summed E-state index contributed by atoms with van der Waals surface area (Å²) in [4.78, 5) is 6.68. The number of aliphatic hydroxyl groups is 3. The van der Waals surface area contributed by atoms with Gasteiger partial charge in [0.2, 0.25) is 0 Å². The first-order valence-electron chi connectivity index (χ1n) is 6.34. The van der Waals surface area contributed by atoms with Crippen molar-refractivity contribution in [3.8, 4) is 0 Å². The van der Waals surface area contributed by atoms with Crippen molar-refractivity contribution in [2.75, 3.05) is 13.2 Å². The summed E-state index contributed by atoms with van der Waals surface area (Å²) in [5.41, 5.74) is -1.12. The predicted octanol–water partition coefficient (Wildman–Crippen LogP) is -0.420. The van der Waals surface area contributed by atoms with E-state index in [1.807, 2.05) is 0 Å². The molecule has 4 N–H and O–H groups in total. The smallest absolute Gasteiger partial charge is 0.394 e. The maximum absolute atomic E-state index is 12.5. The van der Waals surface area contributed by atoms with Crippen molar-refractivity contribution >= 4 is 12.4 Å². The summed E-state index contributed by atoms with van der Waals surface area (Å²) in [6.07, 6.45) is -7.36. The van der Waals surface area contributed by atoms with E-state index >= 15 is 0 Å². The van der Waals surface area contributed by atoms with Crippen molar-refractivity contribution in [2.45, 2.75) is 37.5 Å². The molecule has 22 heavy (non-hydrogen) atoms. The molecule has 0 radical (unpaired) electrons. The summed E-state index contributed by atoms with van der Waals surface area (Å²) in [5, 5.41) is 31.1. The minimum absolute atomic E-state index is 0.140. The molecule has 0 aliphatic carbocycles. The molecular formula is C12H18F3N3O4. The van der Waals surface area contributed by atoms with Gasteiger partial charge < -0.3 is 25.4 Å². The lowest BCUT2D eigenvalue weighted by Gasteiger charge is -2.37. The number of hydrogen-bond donors (Lipinski definition) is 4. The van der Waals surface area contributed by atoms with Crippen LogP contribution in [0.1, 0.15) is 6.92 Å². The lowest BCUT2D eigenvalue weighted by atomic mass is 9.98. The van der Waals surface area contributed by atoms with Gasteiger partial charge in [-0.1, -0.05) is 0 Å². The highest BCUT2D eigenvalue weighted by Crippen LogP contribution is 2.19. The molecule has 4 atom stereocenters. The summed E-state index contributed by atoms with van der Waals surface area (Å²) in [6.45, 7) is 3.28. The van der Waals surface area contributed by atoms with Gasteiger partial charge >= 0.3 is 6.18 Å². The lowest BCUT2D eigenvalue weighted by Crippen LogP contribution is -2.58. The summed E-state index contributed by atoms with van der Waals surface area (Å²) >= 11 is 0. The third-order valence-electron chi connectivity index (χ3n) is 3.06. The molecule has 1 rings (SSSR count). The summed E-state index contributed by atoms with van der Waals surface area (Å²) in [5.74, 6) is -0.285. The van der Waals surface area contributed by atoms with Crippen molar-refractivity contribution in [2.24, 2.45) is 9.98 Å². The maximum atomic E-state index is 12.5.